The molecule has 3 aliphatic carbocycles. The monoisotopic (exact) mass is 508 g/mol. The van der Waals surface area contributed by atoms with E-state index >= 15 is 0 Å². The van der Waals surface area contributed by atoms with Crippen LogP contribution in [0.25, 0.3) is 0 Å². The molecule has 1 amide bonds. The second-order valence-electron chi connectivity index (χ2n) is 10.6. The summed E-state index contributed by atoms with van der Waals surface area (Å²) in [6.45, 7) is -1.65. The van der Waals surface area contributed by atoms with E-state index in [9.17, 15) is 22.8 Å². The molecular weight excluding hydrogens is 479 g/mol. The molecular formula is C29H29F3N3O2. The number of fused-ring (bicyclic) bond motifs is 3. The lowest BCUT2D eigenvalue weighted by molar-refractivity contribution is -0.124. The van der Waals surface area contributed by atoms with Crippen LogP contribution in [0.1, 0.15) is 61.3 Å². The van der Waals surface area contributed by atoms with Crippen molar-refractivity contribution in [3.63, 3.8) is 0 Å². The number of carbonyl (C=O) groups excluding carboxylic acids is 2. The fourth-order valence-corrected chi connectivity index (χ4v) is 6.18. The highest BCUT2D eigenvalue weighted by Crippen LogP contribution is 2.50. The summed E-state index contributed by atoms with van der Waals surface area (Å²) in [6.07, 6.45) is 9.31. The van der Waals surface area contributed by atoms with E-state index < -0.39 is 31.0 Å². The SMILES string of the molecule is O=C(C1=C[CH]1)C1=CCC2(CC1)C(=O)N(Cc1nc3c(n1CC(F)(F)CCF)CCCC3)c1ccccc12. The van der Waals surface area contributed by atoms with Gasteiger partial charge in [-0.1, -0.05) is 30.4 Å². The molecule has 5 nitrogen and oxygen atoms in total. The third-order valence-electron chi connectivity index (χ3n) is 8.23. The Hall–Kier alpha value is -3.16. The molecule has 8 heteroatoms. The minimum Gasteiger partial charge on any atom is -0.324 e. The molecule has 0 saturated carbocycles. The van der Waals surface area contributed by atoms with Crippen molar-refractivity contribution in [1.29, 1.82) is 0 Å². The van der Waals surface area contributed by atoms with Crippen LogP contribution in [0.2, 0.25) is 0 Å². The van der Waals surface area contributed by atoms with Crippen LogP contribution in [-0.4, -0.2) is 33.8 Å². The first-order valence-electron chi connectivity index (χ1n) is 13.0. The molecule has 2 heterocycles. The van der Waals surface area contributed by atoms with Gasteiger partial charge in [-0.05, 0) is 62.1 Å². The summed E-state index contributed by atoms with van der Waals surface area (Å²) in [5.41, 5.74) is 3.95. The number of nitrogens with zero attached hydrogens (tertiary/aromatic N) is 3. The number of aryl methyl sites for hydroxylation is 1. The molecule has 4 aliphatic rings. The van der Waals surface area contributed by atoms with Crippen molar-refractivity contribution in [3.8, 4) is 0 Å². The average molecular weight is 509 g/mol. The molecule has 1 aliphatic heterocycles. The van der Waals surface area contributed by atoms with Crippen molar-refractivity contribution in [3.05, 3.63) is 76.8 Å². The number of Topliss-reactive ketones (excluding diaryl/α,β-unsaturated/α-hetero) is 1. The number of para-hydroxylation sites is 1. The quantitative estimate of drug-likeness (QED) is 0.482. The van der Waals surface area contributed by atoms with E-state index in [-0.39, 0.29) is 18.2 Å². The number of halogens is 3. The molecule has 1 atom stereocenters. The van der Waals surface area contributed by atoms with Crippen LogP contribution < -0.4 is 4.90 Å². The van der Waals surface area contributed by atoms with E-state index in [2.05, 4.69) is 0 Å². The summed E-state index contributed by atoms with van der Waals surface area (Å²) < 4.78 is 43.6. The van der Waals surface area contributed by atoms with Crippen molar-refractivity contribution in [2.24, 2.45) is 0 Å². The van der Waals surface area contributed by atoms with Gasteiger partial charge in [-0.3, -0.25) is 14.0 Å². The number of benzene rings is 1. The zero-order valence-electron chi connectivity index (χ0n) is 20.6. The second-order valence-corrected chi connectivity index (χ2v) is 10.6. The van der Waals surface area contributed by atoms with Gasteiger partial charge in [0.2, 0.25) is 5.91 Å². The molecule has 1 aromatic heterocycles. The number of rotatable bonds is 8. The Bertz CT molecular complexity index is 1340. The lowest BCUT2D eigenvalue weighted by Crippen LogP contribution is -2.42. The van der Waals surface area contributed by atoms with Gasteiger partial charge < -0.3 is 9.47 Å². The largest absolute Gasteiger partial charge is 0.324 e. The highest BCUT2D eigenvalue weighted by molar-refractivity contribution is 6.14. The van der Waals surface area contributed by atoms with Crippen LogP contribution in [0.3, 0.4) is 0 Å². The summed E-state index contributed by atoms with van der Waals surface area (Å²) in [7, 11) is 0. The number of anilines is 1. The summed E-state index contributed by atoms with van der Waals surface area (Å²) in [5.74, 6) is -2.83. The number of imidazole rings is 1. The van der Waals surface area contributed by atoms with E-state index in [0.717, 1.165) is 46.6 Å². The predicted molar refractivity (Wildman–Crippen MR) is 133 cm³/mol. The van der Waals surface area contributed by atoms with Crippen molar-refractivity contribution in [1.82, 2.24) is 9.55 Å². The maximum atomic E-state index is 14.6. The predicted octanol–water partition coefficient (Wildman–Crippen LogP) is 5.37. The van der Waals surface area contributed by atoms with E-state index in [1.165, 1.54) is 0 Å². The Morgan fingerprint density at radius 3 is 2.65 bits per heavy atom. The number of aromatic nitrogens is 2. The highest BCUT2D eigenvalue weighted by Gasteiger charge is 2.51. The Morgan fingerprint density at radius 2 is 1.92 bits per heavy atom. The van der Waals surface area contributed by atoms with Gasteiger partial charge in [0, 0.05) is 29.8 Å². The summed E-state index contributed by atoms with van der Waals surface area (Å²) in [4.78, 5) is 33.0. The van der Waals surface area contributed by atoms with Gasteiger partial charge in [0.15, 0.2) is 5.78 Å². The fourth-order valence-electron chi connectivity index (χ4n) is 6.18. The topological polar surface area (TPSA) is 55.2 Å². The van der Waals surface area contributed by atoms with Gasteiger partial charge >= 0.3 is 0 Å². The van der Waals surface area contributed by atoms with Crippen LogP contribution in [0.15, 0.2) is 47.6 Å². The smallest absolute Gasteiger partial charge is 0.268 e. The normalized spacial score (nSPS) is 22.6. The van der Waals surface area contributed by atoms with Gasteiger partial charge in [-0.15, -0.1) is 0 Å². The maximum Gasteiger partial charge on any atom is 0.268 e. The third-order valence-corrected chi connectivity index (χ3v) is 8.23. The summed E-state index contributed by atoms with van der Waals surface area (Å²) in [6, 6.07) is 7.62. The molecule has 1 spiro atoms. The van der Waals surface area contributed by atoms with Crippen LogP contribution in [-0.2, 0) is 40.9 Å². The molecule has 1 unspecified atom stereocenters. The van der Waals surface area contributed by atoms with Crippen LogP contribution in [0.4, 0.5) is 18.9 Å². The molecule has 6 rings (SSSR count). The molecule has 193 valence electrons. The molecule has 0 saturated heterocycles. The Labute approximate surface area is 214 Å². The van der Waals surface area contributed by atoms with Crippen molar-refractivity contribution in [2.45, 2.75) is 75.8 Å². The molecule has 0 N–H and O–H groups in total. The molecule has 0 fully saturated rings. The van der Waals surface area contributed by atoms with Crippen LogP contribution in [0.5, 0.6) is 0 Å². The van der Waals surface area contributed by atoms with E-state index in [0.29, 0.717) is 37.9 Å². The Kier molecular flexibility index (Phi) is 5.88. The number of hydrogen-bond acceptors (Lipinski definition) is 3. The first-order chi connectivity index (χ1) is 17.8. The van der Waals surface area contributed by atoms with Gasteiger partial charge in [-0.2, -0.15) is 0 Å². The van der Waals surface area contributed by atoms with Crippen molar-refractivity contribution in [2.75, 3.05) is 11.6 Å². The van der Waals surface area contributed by atoms with Gasteiger partial charge in [0.25, 0.3) is 5.92 Å². The number of carbonyl (C=O) groups is 2. The van der Waals surface area contributed by atoms with E-state index in [1.807, 2.05) is 30.3 Å². The minimum absolute atomic E-state index is 0.0345. The first kappa shape index (κ1) is 24.2. The lowest BCUT2D eigenvalue weighted by atomic mass is 9.70. The summed E-state index contributed by atoms with van der Waals surface area (Å²) in [5, 5.41) is 0. The number of allylic oxidation sites excluding steroid dienone is 4. The van der Waals surface area contributed by atoms with Gasteiger partial charge in [0.05, 0.1) is 30.9 Å². The zero-order valence-corrected chi connectivity index (χ0v) is 20.6. The molecule has 2 aromatic rings. The second kappa shape index (κ2) is 8.99. The maximum absolute atomic E-state index is 14.6. The Morgan fingerprint density at radius 1 is 1.14 bits per heavy atom. The van der Waals surface area contributed by atoms with Crippen molar-refractivity contribution >= 4 is 17.4 Å². The molecule has 1 radical (unpaired) electrons. The number of alkyl halides is 3. The number of hydrogen-bond donors (Lipinski definition) is 0. The van der Waals surface area contributed by atoms with E-state index in [1.54, 1.807) is 22.0 Å². The lowest BCUT2D eigenvalue weighted by Gasteiger charge is -2.31. The zero-order chi connectivity index (χ0) is 25.8. The third kappa shape index (κ3) is 4.14. The van der Waals surface area contributed by atoms with Crippen molar-refractivity contribution < 1.29 is 22.8 Å². The Balaban J connectivity index is 1.34. The molecule has 1 aromatic carbocycles. The average Bonchev–Trinajstić information content (AvgIpc) is 3.66. The van der Waals surface area contributed by atoms with Gasteiger partial charge in [-0.25, -0.2) is 13.8 Å². The number of amides is 1. The van der Waals surface area contributed by atoms with E-state index in [4.69, 9.17) is 4.98 Å². The molecule has 37 heavy (non-hydrogen) atoms. The van der Waals surface area contributed by atoms with Crippen LogP contribution in [0, 0.1) is 6.42 Å². The standard InChI is InChI=1S/C29H29F3N3O2/c30-16-15-29(31,32)18-35-24-8-4-2-6-22(24)33-25(35)17-34-23-7-3-1-5-21(23)28(27(34)37)13-11-20(12-14-28)26(36)19-9-10-19/h1,3,5,7,9-11H,2,4,6,8,12-18H2. The molecule has 0 bridgehead atoms. The fraction of sp³-hybridized carbons (Fsp3) is 0.448. The minimum atomic E-state index is -3.20. The van der Waals surface area contributed by atoms with Gasteiger partial charge in [0.1, 0.15) is 5.82 Å². The number of ketones is 1. The summed E-state index contributed by atoms with van der Waals surface area (Å²) >= 11 is 0. The highest BCUT2D eigenvalue weighted by atomic mass is 19.3. The first-order valence-corrected chi connectivity index (χ1v) is 13.0. The van der Waals surface area contributed by atoms with Crippen LogP contribution >= 0.6 is 0 Å².